The molecule has 0 saturated heterocycles. The van der Waals surface area contributed by atoms with Crippen molar-refractivity contribution >= 4 is 34.4 Å². The standard InChI is InChI=1S/C23H22ClNO4/c1-13-21(19(23(28)29)10-14-4-2-5-14)18-12-17(26)8-9-20(18)25(13)22(27)15-6-3-7-16(24)11-15/h3,6-9,11-12,14,19,26H,2,4-5,10H2,1H3,(H,28,29). The van der Waals surface area contributed by atoms with Gasteiger partial charge in [-0.15, -0.1) is 0 Å². The first kappa shape index (κ1) is 19.5. The molecule has 1 unspecified atom stereocenters. The van der Waals surface area contributed by atoms with E-state index in [4.69, 9.17) is 11.6 Å². The van der Waals surface area contributed by atoms with E-state index < -0.39 is 11.9 Å². The van der Waals surface area contributed by atoms with Crippen LogP contribution < -0.4 is 0 Å². The van der Waals surface area contributed by atoms with Gasteiger partial charge in [-0.05, 0) is 61.2 Å². The van der Waals surface area contributed by atoms with Crippen molar-refractivity contribution < 1.29 is 19.8 Å². The van der Waals surface area contributed by atoms with Gasteiger partial charge >= 0.3 is 5.97 Å². The molecular weight excluding hydrogens is 390 g/mol. The number of aliphatic carboxylic acids is 1. The molecule has 1 saturated carbocycles. The normalized spacial score (nSPS) is 15.2. The van der Waals surface area contributed by atoms with E-state index in [2.05, 4.69) is 0 Å². The number of aromatic nitrogens is 1. The van der Waals surface area contributed by atoms with Crippen LogP contribution in [-0.4, -0.2) is 26.7 Å². The van der Waals surface area contributed by atoms with Crippen molar-refractivity contribution in [3.63, 3.8) is 0 Å². The molecule has 3 aromatic rings. The first-order valence-corrected chi connectivity index (χ1v) is 10.1. The van der Waals surface area contributed by atoms with Crippen LogP contribution in [-0.2, 0) is 4.79 Å². The molecule has 0 amide bonds. The van der Waals surface area contributed by atoms with Gasteiger partial charge in [0.15, 0.2) is 0 Å². The van der Waals surface area contributed by atoms with Gasteiger partial charge in [-0.25, -0.2) is 0 Å². The maximum atomic E-state index is 13.3. The molecule has 1 aliphatic rings. The number of carbonyl (C=O) groups excluding carboxylic acids is 1. The second-order valence-electron chi connectivity index (χ2n) is 7.77. The fourth-order valence-corrected chi connectivity index (χ4v) is 4.48. The highest BCUT2D eigenvalue weighted by Crippen LogP contribution is 2.41. The number of fused-ring (bicyclic) bond motifs is 1. The highest BCUT2D eigenvalue weighted by Gasteiger charge is 2.33. The summed E-state index contributed by atoms with van der Waals surface area (Å²) < 4.78 is 1.53. The second kappa shape index (κ2) is 7.56. The van der Waals surface area contributed by atoms with E-state index in [1.165, 1.54) is 10.6 Å². The van der Waals surface area contributed by atoms with Crippen LogP contribution in [0.15, 0.2) is 42.5 Å². The minimum absolute atomic E-state index is 0.0406. The van der Waals surface area contributed by atoms with Gasteiger partial charge in [0.2, 0.25) is 0 Å². The van der Waals surface area contributed by atoms with Crippen molar-refractivity contribution in [3.8, 4) is 5.75 Å². The van der Waals surface area contributed by atoms with Crippen LogP contribution in [0, 0.1) is 12.8 Å². The fourth-order valence-electron chi connectivity index (χ4n) is 4.29. The lowest BCUT2D eigenvalue weighted by molar-refractivity contribution is -0.139. The summed E-state index contributed by atoms with van der Waals surface area (Å²) in [6.45, 7) is 1.77. The number of phenols is 1. The number of nitrogens with zero attached hydrogens (tertiary/aromatic N) is 1. The molecule has 0 aliphatic heterocycles. The molecule has 2 N–H and O–H groups in total. The van der Waals surface area contributed by atoms with Crippen LogP contribution in [0.25, 0.3) is 10.9 Å². The Labute approximate surface area is 173 Å². The number of rotatable bonds is 5. The van der Waals surface area contributed by atoms with Gasteiger partial charge in [-0.2, -0.15) is 0 Å². The largest absolute Gasteiger partial charge is 0.508 e. The van der Waals surface area contributed by atoms with Gasteiger partial charge in [0.1, 0.15) is 5.75 Å². The Morgan fingerprint density at radius 3 is 2.59 bits per heavy atom. The SMILES string of the molecule is Cc1c(C(CC2CCC2)C(=O)O)c2cc(O)ccc2n1C(=O)c1cccc(Cl)c1. The van der Waals surface area contributed by atoms with Gasteiger partial charge in [-0.1, -0.05) is 36.9 Å². The number of hydrogen-bond acceptors (Lipinski definition) is 3. The fraction of sp³-hybridized carbons (Fsp3) is 0.304. The summed E-state index contributed by atoms with van der Waals surface area (Å²) in [7, 11) is 0. The molecule has 4 rings (SSSR count). The summed E-state index contributed by atoms with van der Waals surface area (Å²) in [4.78, 5) is 25.5. The molecule has 1 aliphatic carbocycles. The minimum Gasteiger partial charge on any atom is -0.508 e. The van der Waals surface area contributed by atoms with E-state index in [1.54, 1.807) is 43.3 Å². The van der Waals surface area contributed by atoms with E-state index in [9.17, 15) is 19.8 Å². The van der Waals surface area contributed by atoms with Crippen molar-refractivity contribution in [2.45, 2.75) is 38.5 Å². The number of hydrogen-bond donors (Lipinski definition) is 2. The Bertz CT molecular complexity index is 1110. The minimum atomic E-state index is -0.905. The Morgan fingerprint density at radius 1 is 1.21 bits per heavy atom. The Morgan fingerprint density at radius 2 is 1.97 bits per heavy atom. The number of carbonyl (C=O) groups is 2. The van der Waals surface area contributed by atoms with Gasteiger partial charge in [-0.3, -0.25) is 14.2 Å². The van der Waals surface area contributed by atoms with Gasteiger partial charge in [0.25, 0.3) is 5.91 Å². The Hall–Kier alpha value is -2.79. The summed E-state index contributed by atoms with van der Waals surface area (Å²) in [6, 6.07) is 11.4. The van der Waals surface area contributed by atoms with Crippen molar-refractivity contribution in [3.05, 3.63) is 64.3 Å². The zero-order chi connectivity index (χ0) is 20.7. The number of phenolic OH excluding ortho intramolecular Hbond substituents is 1. The Kier molecular flexibility index (Phi) is 5.09. The predicted octanol–water partition coefficient (Wildman–Crippen LogP) is 5.36. The van der Waals surface area contributed by atoms with Crippen LogP contribution in [0.1, 0.15) is 53.2 Å². The van der Waals surface area contributed by atoms with E-state index >= 15 is 0 Å². The topological polar surface area (TPSA) is 79.5 Å². The lowest BCUT2D eigenvalue weighted by atomic mass is 9.77. The van der Waals surface area contributed by atoms with Crippen LogP contribution in [0.2, 0.25) is 5.02 Å². The molecular formula is C23H22ClNO4. The third-order valence-corrected chi connectivity index (χ3v) is 6.19. The van der Waals surface area contributed by atoms with E-state index in [-0.39, 0.29) is 11.7 Å². The molecule has 0 radical (unpaired) electrons. The molecule has 6 heteroatoms. The zero-order valence-corrected chi connectivity index (χ0v) is 16.8. The summed E-state index contributed by atoms with van der Waals surface area (Å²) >= 11 is 6.06. The molecule has 1 atom stereocenters. The van der Waals surface area contributed by atoms with Crippen molar-refractivity contribution in [2.24, 2.45) is 5.92 Å². The molecule has 0 bridgehead atoms. The third kappa shape index (κ3) is 3.51. The van der Waals surface area contributed by atoms with E-state index in [0.717, 1.165) is 19.3 Å². The number of benzene rings is 2. The van der Waals surface area contributed by atoms with Crippen LogP contribution >= 0.6 is 11.6 Å². The molecule has 29 heavy (non-hydrogen) atoms. The average Bonchev–Trinajstić information content (AvgIpc) is 2.91. The lowest BCUT2D eigenvalue weighted by Gasteiger charge is -2.28. The van der Waals surface area contributed by atoms with E-state index in [1.807, 2.05) is 0 Å². The van der Waals surface area contributed by atoms with Crippen LogP contribution in [0.5, 0.6) is 5.75 Å². The molecule has 1 fully saturated rings. The lowest BCUT2D eigenvalue weighted by Crippen LogP contribution is -2.21. The number of carboxylic acids is 1. The number of aromatic hydroxyl groups is 1. The van der Waals surface area contributed by atoms with E-state index in [0.29, 0.717) is 45.1 Å². The second-order valence-corrected chi connectivity index (χ2v) is 8.21. The first-order chi connectivity index (χ1) is 13.9. The molecule has 150 valence electrons. The zero-order valence-electron chi connectivity index (χ0n) is 16.1. The molecule has 2 aromatic carbocycles. The van der Waals surface area contributed by atoms with Crippen molar-refractivity contribution in [1.29, 1.82) is 0 Å². The Balaban J connectivity index is 1.91. The summed E-state index contributed by atoms with van der Waals surface area (Å²) in [5.41, 5.74) is 2.19. The van der Waals surface area contributed by atoms with Gasteiger partial charge < -0.3 is 10.2 Å². The molecule has 5 nitrogen and oxygen atoms in total. The number of carboxylic acid groups (broad SMARTS) is 1. The molecule has 1 aromatic heterocycles. The maximum Gasteiger partial charge on any atom is 0.311 e. The summed E-state index contributed by atoms with van der Waals surface area (Å²) in [5, 5.41) is 21.1. The quantitative estimate of drug-likeness (QED) is 0.592. The summed E-state index contributed by atoms with van der Waals surface area (Å²) in [5.74, 6) is -1.48. The molecule has 0 spiro atoms. The summed E-state index contributed by atoms with van der Waals surface area (Å²) in [6.07, 6.45) is 3.74. The van der Waals surface area contributed by atoms with Gasteiger partial charge in [0, 0.05) is 21.7 Å². The third-order valence-electron chi connectivity index (χ3n) is 5.95. The number of halogens is 1. The monoisotopic (exact) mass is 411 g/mol. The van der Waals surface area contributed by atoms with Crippen molar-refractivity contribution in [2.75, 3.05) is 0 Å². The first-order valence-electron chi connectivity index (χ1n) is 9.74. The predicted molar refractivity (Wildman–Crippen MR) is 112 cm³/mol. The highest BCUT2D eigenvalue weighted by atomic mass is 35.5. The molecule has 1 heterocycles. The van der Waals surface area contributed by atoms with Crippen LogP contribution in [0.3, 0.4) is 0 Å². The smallest absolute Gasteiger partial charge is 0.311 e. The highest BCUT2D eigenvalue weighted by molar-refractivity contribution is 6.31. The van der Waals surface area contributed by atoms with Gasteiger partial charge in [0.05, 0.1) is 11.4 Å². The van der Waals surface area contributed by atoms with Crippen molar-refractivity contribution in [1.82, 2.24) is 4.57 Å². The van der Waals surface area contributed by atoms with Crippen LogP contribution in [0.4, 0.5) is 0 Å². The average molecular weight is 412 g/mol. The maximum absolute atomic E-state index is 13.3.